The van der Waals surface area contributed by atoms with E-state index in [1.165, 1.54) is 0 Å². The minimum atomic E-state index is -1.92. The molecular formula is C7H9O2PS. The molecule has 1 aromatic rings. The van der Waals surface area contributed by atoms with Crippen LogP contribution in [0.3, 0.4) is 0 Å². The van der Waals surface area contributed by atoms with Gasteiger partial charge in [0.25, 0.3) is 0 Å². The molecule has 0 aliphatic carbocycles. The van der Waals surface area contributed by atoms with E-state index in [1.807, 2.05) is 18.4 Å². The minimum absolute atomic E-state index is 0.595. The van der Waals surface area contributed by atoms with Crippen molar-refractivity contribution in [3.8, 4) is 0 Å². The Morgan fingerprint density at radius 1 is 1.18 bits per heavy atom. The summed E-state index contributed by atoms with van der Waals surface area (Å²) in [4.78, 5) is 18.7. The Morgan fingerprint density at radius 2 is 1.73 bits per heavy atom. The summed E-state index contributed by atoms with van der Waals surface area (Å²) in [5.41, 5.74) is 0. The molecule has 0 atom stereocenters. The molecule has 0 bridgehead atoms. The van der Waals surface area contributed by atoms with Gasteiger partial charge in [0, 0.05) is 10.2 Å². The molecule has 2 N–H and O–H groups in total. The molecule has 0 aliphatic rings. The van der Waals surface area contributed by atoms with Gasteiger partial charge in [0.15, 0.2) is 8.38 Å². The predicted molar refractivity (Wildman–Crippen MR) is 49.2 cm³/mol. The molecule has 0 unspecified atom stereocenters. The van der Waals surface area contributed by atoms with Crippen LogP contribution in [0.2, 0.25) is 0 Å². The van der Waals surface area contributed by atoms with Crippen LogP contribution in [-0.4, -0.2) is 16.0 Å². The van der Waals surface area contributed by atoms with Crippen LogP contribution in [0, 0.1) is 0 Å². The second kappa shape index (κ2) is 4.07. The quantitative estimate of drug-likeness (QED) is 0.543. The first kappa shape index (κ1) is 9.01. The first-order valence-corrected chi connectivity index (χ1v) is 5.53. The summed E-state index contributed by atoms with van der Waals surface area (Å²) in [6.07, 6.45) is 1.98. The van der Waals surface area contributed by atoms with Crippen molar-refractivity contribution in [2.24, 2.45) is 0 Å². The summed E-state index contributed by atoms with van der Waals surface area (Å²) >= 11 is 1.63. The van der Waals surface area contributed by atoms with Gasteiger partial charge in [-0.05, 0) is 30.5 Å². The van der Waals surface area contributed by atoms with Gasteiger partial charge >= 0.3 is 0 Å². The highest BCUT2D eigenvalue weighted by Gasteiger charge is 2.01. The zero-order valence-corrected chi connectivity index (χ0v) is 7.77. The van der Waals surface area contributed by atoms with E-state index in [9.17, 15) is 0 Å². The molecule has 0 aromatic heterocycles. The third kappa shape index (κ3) is 2.46. The van der Waals surface area contributed by atoms with Crippen LogP contribution in [0.25, 0.3) is 0 Å². The molecule has 0 spiro atoms. The summed E-state index contributed by atoms with van der Waals surface area (Å²) in [5.74, 6) is 0. The van der Waals surface area contributed by atoms with Gasteiger partial charge in [-0.1, -0.05) is 0 Å². The van der Waals surface area contributed by atoms with Gasteiger partial charge in [-0.15, -0.1) is 11.8 Å². The van der Waals surface area contributed by atoms with E-state index in [-0.39, 0.29) is 0 Å². The third-order valence-corrected chi connectivity index (χ3v) is 2.81. The molecule has 4 heteroatoms. The maximum Gasteiger partial charge on any atom is 0.199 e. The van der Waals surface area contributed by atoms with Crippen LogP contribution in [0.1, 0.15) is 0 Å². The lowest BCUT2D eigenvalue weighted by Crippen LogP contribution is -1.97. The van der Waals surface area contributed by atoms with E-state index in [2.05, 4.69) is 0 Å². The number of rotatable bonds is 2. The fourth-order valence-corrected chi connectivity index (χ4v) is 1.54. The molecule has 1 aromatic carbocycles. The average Bonchev–Trinajstić information content (AvgIpc) is 2.05. The van der Waals surface area contributed by atoms with Crippen molar-refractivity contribution in [2.75, 3.05) is 6.26 Å². The van der Waals surface area contributed by atoms with E-state index in [1.54, 1.807) is 23.9 Å². The van der Waals surface area contributed by atoms with Crippen LogP contribution < -0.4 is 5.30 Å². The van der Waals surface area contributed by atoms with Crippen molar-refractivity contribution < 1.29 is 9.79 Å². The Labute approximate surface area is 71.2 Å². The summed E-state index contributed by atoms with van der Waals surface area (Å²) in [6.45, 7) is 0. The highest BCUT2D eigenvalue weighted by molar-refractivity contribution is 7.98. The molecule has 0 amide bonds. The van der Waals surface area contributed by atoms with Crippen LogP contribution in [-0.2, 0) is 0 Å². The minimum Gasteiger partial charge on any atom is -0.347 e. The molecule has 0 saturated carbocycles. The highest BCUT2D eigenvalue weighted by Crippen LogP contribution is 2.23. The zero-order chi connectivity index (χ0) is 8.27. The van der Waals surface area contributed by atoms with Crippen LogP contribution in [0.15, 0.2) is 29.2 Å². The SMILES string of the molecule is CSc1ccc(P(O)O)cc1. The molecular weight excluding hydrogens is 179 g/mol. The van der Waals surface area contributed by atoms with Gasteiger partial charge in [0.1, 0.15) is 0 Å². The maximum absolute atomic E-state index is 8.80. The lowest BCUT2D eigenvalue weighted by atomic mass is 10.4. The van der Waals surface area contributed by atoms with E-state index < -0.39 is 8.38 Å². The molecule has 11 heavy (non-hydrogen) atoms. The Balaban J connectivity index is 2.83. The van der Waals surface area contributed by atoms with Crippen LogP contribution in [0.4, 0.5) is 0 Å². The van der Waals surface area contributed by atoms with E-state index in [4.69, 9.17) is 9.79 Å². The normalized spacial score (nSPS) is 10.5. The number of thioether (sulfide) groups is 1. The number of benzene rings is 1. The van der Waals surface area contributed by atoms with E-state index >= 15 is 0 Å². The lowest BCUT2D eigenvalue weighted by Gasteiger charge is -2.01. The van der Waals surface area contributed by atoms with Gasteiger partial charge < -0.3 is 9.79 Å². The fraction of sp³-hybridized carbons (Fsp3) is 0.143. The Morgan fingerprint density at radius 3 is 2.09 bits per heavy atom. The standard InChI is InChI=1S/C7H9O2PS/c1-11-7-4-2-6(3-5-7)10(8)9/h2-5,8-9H,1H3. The predicted octanol–water partition coefficient (Wildman–Crippen LogP) is 1.33. The van der Waals surface area contributed by atoms with Gasteiger partial charge in [-0.2, -0.15) is 0 Å². The zero-order valence-electron chi connectivity index (χ0n) is 6.06. The third-order valence-electron chi connectivity index (χ3n) is 1.30. The van der Waals surface area contributed by atoms with Gasteiger partial charge in [-0.3, -0.25) is 0 Å². The van der Waals surface area contributed by atoms with Gasteiger partial charge in [0.2, 0.25) is 0 Å². The number of hydrogen-bond donors (Lipinski definition) is 2. The van der Waals surface area contributed by atoms with Crippen molar-refractivity contribution in [3.05, 3.63) is 24.3 Å². The summed E-state index contributed by atoms with van der Waals surface area (Å²) in [5, 5.41) is 0.595. The summed E-state index contributed by atoms with van der Waals surface area (Å²) in [6, 6.07) is 7.22. The van der Waals surface area contributed by atoms with Crippen molar-refractivity contribution in [1.82, 2.24) is 0 Å². The molecule has 0 radical (unpaired) electrons. The first-order valence-electron chi connectivity index (χ1n) is 3.06. The maximum atomic E-state index is 8.80. The summed E-state index contributed by atoms with van der Waals surface area (Å²) < 4.78 is 0. The topological polar surface area (TPSA) is 40.5 Å². The number of hydrogen-bond acceptors (Lipinski definition) is 3. The van der Waals surface area contributed by atoms with E-state index in [0.29, 0.717) is 5.30 Å². The second-order valence-corrected chi connectivity index (χ2v) is 3.96. The molecule has 60 valence electrons. The molecule has 0 saturated heterocycles. The molecule has 0 fully saturated rings. The van der Waals surface area contributed by atoms with Crippen molar-refractivity contribution in [1.29, 1.82) is 0 Å². The lowest BCUT2D eigenvalue weighted by molar-refractivity contribution is 0.497. The largest absolute Gasteiger partial charge is 0.347 e. The van der Waals surface area contributed by atoms with Crippen LogP contribution in [0.5, 0.6) is 0 Å². The highest BCUT2D eigenvalue weighted by atomic mass is 32.2. The Bertz CT molecular complexity index is 222. The second-order valence-electron chi connectivity index (χ2n) is 1.99. The Kier molecular flexibility index (Phi) is 3.34. The molecule has 0 aliphatic heterocycles. The van der Waals surface area contributed by atoms with E-state index in [0.717, 1.165) is 4.90 Å². The van der Waals surface area contributed by atoms with Crippen molar-refractivity contribution >= 4 is 25.4 Å². The molecule has 1 rings (SSSR count). The fourth-order valence-electron chi connectivity index (χ4n) is 0.716. The van der Waals surface area contributed by atoms with Crippen molar-refractivity contribution in [3.63, 3.8) is 0 Å². The summed E-state index contributed by atoms with van der Waals surface area (Å²) in [7, 11) is -1.92. The van der Waals surface area contributed by atoms with Crippen LogP contribution >= 0.6 is 20.1 Å². The Hall–Kier alpha value is -0.0800. The van der Waals surface area contributed by atoms with Crippen molar-refractivity contribution in [2.45, 2.75) is 4.90 Å². The average molecular weight is 188 g/mol. The monoisotopic (exact) mass is 188 g/mol. The first-order chi connectivity index (χ1) is 5.24. The smallest absolute Gasteiger partial charge is 0.199 e. The van der Waals surface area contributed by atoms with Gasteiger partial charge in [-0.25, -0.2) is 0 Å². The molecule has 2 nitrogen and oxygen atoms in total. The molecule has 0 heterocycles. The van der Waals surface area contributed by atoms with Gasteiger partial charge in [0.05, 0.1) is 0 Å².